The molecule has 1 fully saturated rings. The Morgan fingerprint density at radius 2 is 2.12 bits per heavy atom. The number of likely N-dealkylation sites (tertiary alicyclic amines) is 1. The van der Waals surface area contributed by atoms with Crippen molar-refractivity contribution in [3.05, 3.63) is 24.0 Å². The van der Waals surface area contributed by atoms with Crippen molar-refractivity contribution < 1.29 is 9.53 Å². The number of nitrogens with zero attached hydrogens (tertiary/aromatic N) is 2. The van der Waals surface area contributed by atoms with Crippen LogP contribution >= 0.6 is 0 Å². The molecule has 2 atom stereocenters. The molecule has 0 aliphatic carbocycles. The normalized spacial score (nSPS) is 25.2. The molecule has 1 unspecified atom stereocenters. The Hall–Kier alpha value is -1.13. The molecule has 0 aromatic rings. The lowest BCUT2D eigenvalue weighted by molar-refractivity contribution is -0.134. The zero-order valence-electron chi connectivity index (χ0n) is 16.0. The minimum atomic E-state index is -0.377. The van der Waals surface area contributed by atoms with Gasteiger partial charge >= 0.3 is 0 Å². The molecule has 24 heavy (non-hydrogen) atoms. The second kappa shape index (κ2) is 8.30. The van der Waals surface area contributed by atoms with Gasteiger partial charge in [-0.3, -0.25) is 14.6 Å². The van der Waals surface area contributed by atoms with Gasteiger partial charge in [0.1, 0.15) is 0 Å². The first kappa shape index (κ1) is 19.2. The van der Waals surface area contributed by atoms with E-state index in [1.54, 1.807) is 4.90 Å². The predicted molar refractivity (Wildman–Crippen MR) is 98.4 cm³/mol. The molecule has 1 amide bonds. The van der Waals surface area contributed by atoms with Crippen molar-refractivity contribution in [2.24, 2.45) is 11.3 Å². The average molecular weight is 335 g/mol. The maximum atomic E-state index is 12.7. The highest BCUT2D eigenvalue weighted by atomic mass is 16.5. The fourth-order valence-corrected chi connectivity index (χ4v) is 3.39. The summed E-state index contributed by atoms with van der Waals surface area (Å²) in [4.78, 5) is 16.8. The fraction of sp³-hybridized carbons (Fsp3) is 0.750. The molecule has 4 nitrogen and oxygen atoms in total. The van der Waals surface area contributed by atoms with Crippen molar-refractivity contribution in [2.45, 2.75) is 59.4 Å². The molecule has 2 heterocycles. The number of amides is 1. The highest BCUT2D eigenvalue weighted by Crippen LogP contribution is 2.32. The first-order valence-electron chi connectivity index (χ1n) is 9.35. The van der Waals surface area contributed by atoms with E-state index in [0.717, 1.165) is 26.0 Å². The summed E-state index contributed by atoms with van der Waals surface area (Å²) >= 11 is 0. The molecule has 2 aliphatic heterocycles. The van der Waals surface area contributed by atoms with E-state index in [9.17, 15) is 4.79 Å². The molecule has 0 spiro atoms. The van der Waals surface area contributed by atoms with Gasteiger partial charge in [-0.15, -0.1) is 0 Å². The number of carbonyl (C=O) groups excluding carboxylic acids is 1. The fourth-order valence-electron chi connectivity index (χ4n) is 3.39. The number of hydrogen-bond donors (Lipinski definition) is 0. The SMILES string of the molecule is CCCCOCC1C=CN(C(=O)C(C)(C)C)C=C1[C@@H]1CCCN1C. The summed E-state index contributed by atoms with van der Waals surface area (Å²) in [6.07, 6.45) is 10.8. The molecule has 2 aliphatic rings. The number of rotatable bonds is 6. The summed E-state index contributed by atoms with van der Waals surface area (Å²) in [6.45, 7) is 10.7. The third-order valence-corrected chi connectivity index (χ3v) is 4.92. The smallest absolute Gasteiger partial charge is 0.235 e. The van der Waals surface area contributed by atoms with Crippen LogP contribution in [0.3, 0.4) is 0 Å². The number of unbranched alkanes of at least 4 members (excludes halogenated alkanes) is 1. The van der Waals surface area contributed by atoms with Gasteiger partial charge in [-0.05, 0) is 38.4 Å². The third kappa shape index (κ3) is 4.70. The lowest BCUT2D eigenvalue weighted by atomic mass is 9.89. The highest BCUT2D eigenvalue weighted by Gasteiger charge is 2.33. The molecule has 0 saturated carbocycles. The summed E-state index contributed by atoms with van der Waals surface area (Å²) in [5, 5.41) is 0. The van der Waals surface area contributed by atoms with Crippen molar-refractivity contribution in [1.82, 2.24) is 9.80 Å². The number of hydrogen-bond acceptors (Lipinski definition) is 3. The van der Waals surface area contributed by atoms with Crippen LogP contribution in [0.2, 0.25) is 0 Å². The largest absolute Gasteiger partial charge is 0.381 e. The lowest BCUT2D eigenvalue weighted by Gasteiger charge is -2.34. The van der Waals surface area contributed by atoms with Gasteiger partial charge in [0, 0.05) is 36.4 Å². The highest BCUT2D eigenvalue weighted by molar-refractivity contribution is 5.83. The van der Waals surface area contributed by atoms with Crippen LogP contribution < -0.4 is 0 Å². The second-order valence-corrected chi connectivity index (χ2v) is 8.11. The van der Waals surface area contributed by atoms with E-state index in [4.69, 9.17) is 4.74 Å². The summed E-state index contributed by atoms with van der Waals surface area (Å²) in [5.74, 6) is 0.415. The molecule has 4 heteroatoms. The van der Waals surface area contributed by atoms with Gasteiger partial charge in [0.15, 0.2) is 0 Å². The number of ether oxygens (including phenoxy) is 1. The van der Waals surface area contributed by atoms with Gasteiger partial charge in [0.25, 0.3) is 0 Å². The molecule has 2 rings (SSSR count). The Morgan fingerprint density at radius 1 is 1.38 bits per heavy atom. The summed E-state index contributed by atoms with van der Waals surface area (Å²) < 4.78 is 5.89. The van der Waals surface area contributed by atoms with Gasteiger partial charge in [0.05, 0.1) is 6.61 Å². The number of carbonyl (C=O) groups is 1. The van der Waals surface area contributed by atoms with E-state index in [1.807, 2.05) is 27.0 Å². The van der Waals surface area contributed by atoms with E-state index in [1.165, 1.54) is 18.4 Å². The van der Waals surface area contributed by atoms with Crippen LogP contribution in [0.4, 0.5) is 0 Å². The minimum absolute atomic E-state index is 0.141. The van der Waals surface area contributed by atoms with Crippen molar-refractivity contribution in [2.75, 3.05) is 26.8 Å². The molecule has 1 saturated heterocycles. The Kier molecular flexibility index (Phi) is 6.64. The third-order valence-electron chi connectivity index (χ3n) is 4.92. The Bertz CT molecular complexity index is 490. The maximum Gasteiger partial charge on any atom is 0.235 e. The standard InChI is InChI=1S/C20H34N2O2/c1-6-7-13-24-15-16-10-12-22(19(23)20(2,3)4)14-17(16)18-9-8-11-21(18)5/h10,12,14,16,18H,6-9,11,13,15H2,1-5H3/t16?,18-/m0/s1. The summed E-state index contributed by atoms with van der Waals surface area (Å²) in [5.41, 5.74) is 0.949. The predicted octanol–water partition coefficient (Wildman–Crippen LogP) is 3.80. The Labute approximate surface area is 147 Å². The van der Waals surface area contributed by atoms with Crippen LogP contribution in [0.25, 0.3) is 0 Å². The van der Waals surface area contributed by atoms with E-state index < -0.39 is 0 Å². The summed E-state index contributed by atoms with van der Waals surface area (Å²) in [7, 11) is 2.18. The summed E-state index contributed by atoms with van der Waals surface area (Å²) in [6, 6.07) is 0.421. The molecular formula is C20H34N2O2. The van der Waals surface area contributed by atoms with E-state index in [2.05, 4.69) is 31.1 Å². The van der Waals surface area contributed by atoms with E-state index in [-0.39, 0.29) is 17.2 Å². The van der Waals surface area contributed by atoms with Gasteiger partial charge in [-0.25, -0.2) is 0 Å². The van der Waals surface area contributed by atoms with Crippen molar-refractivity contribution in [1.29, 1.82) is 0 Å². The molecule has 0 radical (unpaired) electrons. The molecule has 0 aromatic heterocycles. The van der Waals surface area contributed by atoms with Crippen LogP contribution in [-0.2, 0) is 9.53 Å². The maximum absolute atomic E-state index is 12.7. The van der Waals surface area contributed by atoms with Gasteiger partial charge in [-0.2, -0.15) is 0 Å². The Morgan fingerprint density at radius 3 is 2.71 bits per heavy atom. The minimum Gasteiger partial charge on any atom is -0.381 e. The van der Waals surface area contributed by atoms with Crippen molar-refractivity contribution in [3.63, 3.8) is 0 Å². The topological polar surface area (TPSA) is 32.8 Å². The van der Waals surface area contributed by atoms with Gasteiger partial charge in [0.2, 0.25) is 5.91 Å². The monoisotopic (exact) mass is 334 g/mol. The van der Waals surface area contributed by atoms with Gasteiger partial charge in [-0.1, -0.05) is 40.2 Å². The van der Waals surface area contributed by atoms with E-state index in [0.29, 0.717) is 12.6 Å². The van der Waals surface area contributed by atoms with Crippen LogP contribution in [0, 0.1) is 11.3 Å². The molecule has 136 valence electrons. The van der Waals surface area contributed by atoms with Crippen molar-refractivity contribution >= 4 is 5.91 Å². The van der Waals surface area contributed by atoms with Gasteiger partial charge < -0.3 is 4.74 Å². The van der Waals surface area contributed by atoms with Crippen LogP contribution in [0.5, 0.6) is 0 Å². The number of likely N-dealkylation sites (N-methyl/N-ethyl adjacent to an activating group) is 1. The molecule has 0 bridgehead atoms. The van der Waals surface area contributed by atoms with Crippen LogP contribution in [-0.4, -0.2) is 48.6 Å². The Balaban J connectivity index is 2.14. The van der Waals surface area contributed by atoms with E-state index >= 15 is 0 Å². The lowest BCUT2D eigenvalue weighted by Crippen LogP contribution is -2.38. The molecule has 0 aromatic carbocycles. The first-order valence-corrected chi connectivity index (χ1v) is 9.35. The van der Waals surface area contributed by atoms with Crippen LogP contribution in [0.15, 0.2) is 24.0 Å². The average Bonchev–Trinajstić information content (AvgIpc) is 2.96. The zero-order valence-corrected chi connectivity index (χ0v) is 16.0. The zero-order chi connectivity index (χ0) is 17.7. The molecular weight excluding hydrogens is 300 g/mol. The molecule has 0 N–H and O–H groups in total. The first-order chi connectivity index (χ1) is 11.3. The van der Waals surface area contributed by atoms with Crippen LogP contribution in [0.1, 0.15) is 53.4 Å². The second-order valence-electron chi connectivity index (χ2n) is 8.11. The van der Waals surface area contributed by atoms with Crippen molar-refractivity contribution in [3.8, 4) is 0 Å². The quantitative estimate of drug-likeness (QED) is 0.693.